The van der Waals surface area contributed by atoms with Gasteiger partial charge in [-0.3, -0.25) is 0 Å². The van der Waals surface area contributed by atoms with Crippen LogP contribution < -0.4 is 0 Å². The number of aromatic nitrogens is 4. The SMILES string of the molecule is FC(F)(F)c1ccc2nc(Cl)n3nc(C(F)(F)F)nc3c2c1. The summed E-state index contributed by atoms with van der Waals surface area (Å²) in [4.78, 5) is 6.94. The molecule has 3 rings (SSSR count). The molecule has 0 radical (unpaired) electrons. The molecule has 2 aromatic heterocycles. The quantitative estimate of drug-likeness (QED) is 0.459. The van der Waals surface area contributed by atoms with Crippen LogP contribution in [-0.2, 0) is 12.4 Å². The van der Waals surface area contributed by atoms with Gasteiger partial charge in [0.2, 0.25) is 5.28 Å². The van der Waals surface area contributed by atoms with Crippen molar-refractivity contribution < 1.29 is 26.3 Å². The van der Waals surface area contributed by atoms with E-state index in [4.69, 9.17) is 11.6 Å². The van der Waals surface area contributed by atoms with Gasteiger partial charge in [-0.2, -0.15) is 30.9 Å². The molecule has 0 bridgehead atoms. The first-order chi connectivity index (χ1) is 10.1. The summed E-state index contributed by atoms with van der Waals surface area (Å²) in [5.74, 6) is -1.51. The molecular formula is C11H3ClF6N4. The van der Waals surface area contributed by atoms with Crippen molar-refractivity contribution in [1.29, 1.82) is 0 Å². The number of fused-ring (bicyclic) bond motifs is 3. The summed E-state index contributed by atoms with van der Waals surface area (Å²) in [6, 6.07) is 2.41. The van der Waals surface area contributed by atoms with Crippen LogP contribution in [0.1, 0.15) is 11.4 Å². The third-order valence-corrected chi connectivity index (χ3v) is 3.06. The third-order valence-electron chi connectivity index (χ3n) is 2.81. The van der Waals surface area contributed by atoms with Gasteiger partial charge in [0, 0.05) is 5.39 Å². The molecule has 0 aliphatic rings. The summed E-state index contributed by atoms with van der Waals surface area (Å²) in [5, 5.41) is 2.46. The van der Waals surface area contributed by atoms with Crippen LogP contribution >= 0.6 is 11.6 Å². The summed E-state index contributed by atoms with van der Waals surface area (Å²) in [6.45, 7) is 0. The third kappa shape index (κ3) is 2.32. The lowest BCUT2D eigenvalue weighted by molar-refractivity contribution is -0.144. The number of nitrogens with zero attached hydrogens (tertiary/aromatic N) is 4. The Kier molecular flexibility index (Phi) is 3.00. The molecule has 0 saturated carbocycles. The van der Waals surface area contributed by atoms with Crippen molar-refractivity contribution in [2.75, 3.05) is 0 Å². The van der Waals surface area contributed by atoms with E-state index in [2.05, 4.69) is 15.1 Å². The average Bonchev–Trinajstić information content (AvgIpc) is 2.83. The van der Waals surface area contributed by atoms with E-state index in [1.165, 1.54) is 0 Å². The zero-order chi connectivity index (χ0) is 16.3. The highest BCUT2D eigenvalue weighted by Gasteiger charge is 2.37. The van der Waals surface area contributed by atoms with Crippen LogP contribution in [-0.4, -0.2) is 19.6 Å². The molecule has 4 nitrogen and oxygen atoms in total. The van der Waals surface area contributed by atoms with Crippen molar-refractivity contribution in [3.05, 3.63) is 34.9 Å². The van der Waals surface area contributed by atoms with E-state index in [9.17, 15) is 26.3 Å². The van der Waals surface area contributed by atoms with Crippen molar-refractivity contribution in [3.8, 4) is 0 Å². The molecule has 0 saturated heterocycles. The Labute approximate surface area is 122 Å². The van der Waals surface area contributed by atoms with Gasteiger partial charge in [0.1, 0.15) is 0 Å². The van der Waals surface area contributed by atoms with Gasteiger partial charge in [-0.1, -0.05) is 0 Å². The van der Waals surface area contributed by atoms with E-state index < -0.39 is 34.7 Å². The second kappa shape index (κ2) is 4.45. The van der Waals surface area contributed by atoms with Gasteiger partial charge in [0.25, 0.3) is 5.82 Å². The van der Waals surface area contributed by atoms with Crippen LogP contribution in [0.3, 0.4) is 0 Å². The predicted molar refractivity (Wildman–Crippen MR) is 63.3 cm³/mol. The van der Waals surface area contributed by atoms with Gasteiger partial charge in [0.15, 0.2) is 5.65 Å². The Balaban J connectivity index is 2.39. The number of alkyl halides is 6. The molecule has 0 fully saturated rings. The minimum Gasteiger partial charge on any atom is -0.218 e. The predicted octanol–water partition coefficient (Wildman–Crippen LogP) is 3.97. The minimum atomic E-state index is -4.86. The highest BCUT2D eigenvalue weighted by atomic mass is 35.5. The minimum absolute atomic E-state index is 0.0216. The maximum atomic E-state index is 12.7. The number of halogens is 7. The molecule has 1 aromatic carbocycles. The first-order valence-corrected chi connectivity index (χ1v) is 5.95. The average molecular weight is 341 g/mol. The van der Waals surface area contributed by atoms with Crippen LogP contribution in [0.25, 0.3) is 16.6 Å². The van der Waals surface area contributed by atoms with E-state index in [1.54, 1.807) is 0 Å². The van der Waals surface area contributed by atoms with Gasteiger partial charge in [-0.25, -0.2) is 9.97 Å². The fourth-order valence-corrected chi connectivity index (χ4v) is 2.08. The Hall–Kier alpha value is -2.10. The van der Waals surface area contributed by atoms with Gasteiger partial charge in [-0.05, 0) is 29.8 Å². The molecule has 0 spiro atoms. The maximum Gasteiger partial charge on any atom is 0.453 e. The Morgan fingerprint density at radius 1 is 0.955 bits per heavy atom. The van der Waals surface area contributed by atoms with E-state index >= 15 is 0 Å². The highest BCUT2D eigenvalue weighted by molar-refractivity contribution is 6.29. The summed E-state index contributed by atoms with van der Waals surface area (Å²) < 4.78 is 76.6. The Bertz CT molecular complexity index is 882. The summed E-state index contributed by atoms with van der Waals surface area (Å²) in [6.07, 6.45) is -9.51. The normalized spacial score (nSPS) is 13.2. The largest absolute Gasteiger partial charge is 0.453 e. The van der Waals surface area contributed by atoms with Gasteiger partial charge in [-0.15, -0.1) is 5.10 Å². The van der Waals surface area contributed by atoms with E-state index in [1.807, 2.05) is 0 Å². The van der Waals surface area contributed by atoms with Gasteiger partial charge < -0.3 is 0 Å². The molecule has 22 heavy (non-hydrogen) atoms. The number of hydrogen-bond acceptors (Lipinski definition) is 3. The van der Waals surface area contributed by atoms with Crippen molar-refractivity contribution in [2.45, 2.75) is 12.4 Å². The second-order valence-corrected chi connectivity index (χ2v) is 4.62. The first-order valence-electron chi connectivity index (χ1n) is 5.58. The number of rotatable bonds is 0. The summed E-state index contributed by atoms with van der Waals surface area (Å²) in [5.41, 5.74) is -1.51. The van der Waals surface area contributed by atoms with Crippen LogP contribution in [0, 0.1) is 0 Å². The molecule has 3 aromatic rings. The van der Waals surface area contributed by atoms with Crippen molar-refractivity contribution in [3.63, 3.8) is 0 Å². The van der Waals surface area contributed by atoms with Gasteiger partial charge in [0.05, 0.1) is 11.1 Å². The topological polar surface area (TPSA) is 43.1 Å². The monoisotopic (exact) mass is 340 g/mol. The fourth-order valence-electron chi connectivity index (χ4n) is 1.87. The molecule has 11 heteroatoms. The maximum absolute atomic E-state index is 12.7. The molecule has 0 aliphatic heterocycles. The molecule has 0 atom stereocenters. The van der Waals surface area contributed by atoms with Crippen molar-refractivity contribution >= 4 is 28.2 Å². The van der Waals surface area contributed by atoms with Crippen LogP contribution in [0.4, 0.5) is 26.3 Å². The van der Waals surface area contributed by atoms with Gasteiger partial charge >= 0.3 is 12.4 Å². The van der Waals surface area contributed by atoms with E-state index in [0.717, 1.165) is 12.1 Å². The van der Waals surface area contributed by atoms with Crippen LogP contribution in [0.2, 0.25) is 5.28 Å². The standard InChI is InChI=1S/C11H3ClF6N4/c12-9-19-6-2-1-4(10(13,14)15)3-5(6)7-20-8(11(16,17)18)21-22(7)9/h1-3H. The molecular weight excluding hydrogens is 338 g/mol. The lowest BCUT2D eigenvalue weighted by atomic mass is 10.1. The smallest absolute Gasteiger partial charge is 0.218 e. The fraction of sp³-hybridized carbons (Fsp3) is 0.182. The zero-order valence-corrected chi connectivity index (χ0v) is 10.9. The van der Waals surface area contributed by atoms with E-state index in [0.29, 0.717) is 10.6 Å². The molecule has 0 N–H and O–H groups in total. The van der Waals surface area contributed by atoms with Crippen molar-refractivity contribution in [1.82, 2.24) is 19.6 Å². The second-order valence-electron chi connectivity index (χ2n) is 4.28. The number of hydrogen-bond donors (Lipinski definition) is 0. The Morgan fingerprint density at radius 2 is 1.64 bits per heavy atom. The first kappa shape index (κ1) is 14.8. The van der Waals surface area contributed by atoms with Crippen LogP contribution in [0.15, 0.2) is 18.2 Å². The zero-order valence-electron chi connectivity index (χ0n) is 10.2. The lowest BCUT2D eigenvalue weighted by Crippen LogP contribution is -2.07. The summed E-state index contributed by atoms with van der Waals surface area (Å²) in [7, 11) is 0. The number of benzene rings is 1. The molecule has 2 heterocycles. The molecule has 0 aliphatic carbocycles. The lowest BCUT2D eigenvalue weighted by Gasteiger charge is -2.08. The molecule has 116 valence electrons. The van der Waals surface area contributed by atoms with Crippen molar-refractivity contribution in [2.24, 2.45) is 0 Å². The molecule has 0 unspecified atom stereocenters. The van der Waals surface area contributed by atoms with Crippen LogP contribution in [0.5, 0.6) is 0 Å². The summed E-state index contributed by atoms with van der Waals surface area (Å²) >= 11 is 5.69. The van der Waals surface area contributed by atoms with E-state index in [-0.39, 0.29) is 10.9 Å². The Morgan fingerprint density at radius 3 is 2.23 bits per heavy atom. The highest BCUT2D eigenvalue weighted by Crippen LogP contribution is 2.33. The molecule has 0 amide bonds.